The van der Waals surface area contributed by atoms with E-state index in [1.54, 1.807) is 13.2 Å². The van der Waals surface area contributed by atoms with Crippen molar-refractivity contribution in [2.45, 2.75) is 25.8 Å². The molecule has 2 N–H and O–H groups in total. The topological polar surface area (TPSA) is 111 Å². The summed E-state index contributed by atoms with van der Waals surface area (Å²) in [6.45, 7) is 1.92. The predicted octanol–water partition coefficient (Wildman–Crippen LogP) is 4.47. The minimum absolute atomic E-state index is 0.181. The lowest BCUT2D eigenvalue weighted by molar-refractivity contribution is -0.138. The van der Waals surface area contributed by atoms with E-state index in [-0.39, 0.29) is 12.3 Å². The lowest BCUT2D eigenvalue weighted by Gasteiger charge is -2.32. The van der Waals surface area contributed by atoms with Gasteiger partial charge in [0.2, 0.25) is 0 Å². The molecule has 0 amide bonds. The van der Waals surface area contributed by atoms with Crippen LogP contribution in [-0.2, 0) is 11.3 Å². The summed E-state index contributed by atoms with van der Waals surface area (Å²) in [5.41, 5.74) is 1.49. The second kappa shape index (κ2) is 9.92. The Morgan fingerprint density at radius 2 is 2.03 bits per heavy atom. The van der Waals surface area contributed by atoms with Crippen LogP contribution in [0.15, 0.2) is 36.4 Å². The number of halogens is 1. The average Bonchev–Trinajstić information content (AvgIpc) is 2.82. The van der Waals surface area contributed by atoms with Gasteiger partial charge < -0.3 is 20.1 Å². The van der Waals surface area contributed by atoms with Crippen LogP contribution in [0.2, 0.25) is 5.02 Å². The maximum Gasteiger partial charge on any atom is 0.303 e. The molecule has 2 heterocycles. The summed E-state index contributed by atoms with van der Waals surface area (Å²) in [4.78, 5) is 13.2. The lowest BCUT2D eigenvalue weighted by atomic mass is 9.93. The van der Waals surface area contributed by atoms with Crippen LogP contribution in [0, 0.1) is 17.2 Å². The Balaban J connectivity index is 1.59. The SMILES string of the molecule is COc1ccc(CNc2nnc(N3CCC(CC(=O)O)CC3)c3ccc(C#N)cc23)cc1Cl. The maximum absolute atomic E-state index is 11.0. The molecule has 1 saturated heterocycles. The zero-order valence-electron chi connectivity index (χ0n) is 18.2. The van der Waals surface area contributed by atoms with Crippen LogP contribution in [0.5, 0.6) is 5.75 Å². The zero-order valence-corrected chi connectivity index (χ0v) is 19.0. The van der Waals surface area contributed by atoms with Gasteiger partial charge in [0.25, 0.3) is 0 Å². The highest BCUT2D eigenvalue weighted by atomic mass is 35.5. The van der Waals surface area contributed by atoms with Gasteiger partial charge in [0.1, 0.15) is 5.75 Å². The van der Waals surface area contributed by atoms with Gasteiger partial charge in [0.15, 0.2) is 11.6 Å². The smallest absolute Gasteiger partial charge is 0.303 e. The van der Waals surface area contributed by atoms with E-state index >= 15 is 0 Å². The molecule has 0 aliphatic carbocycles. The first-order valence-corrected chi connectivity index (χ1v) is 11.1. The van der Waals surface area contributed by atoms with Crippen molar-refractivity contribution in [3.05, 3.63) is 52.5 Å². The molecule has 0 bridgehead atoms. The molecule has 4 rings (SSSR count). The number of nitrogens with zero attached hydrogens (tertiary/aromatic N) is 4. The van der Waals surface area contributed by atoms with E-state index in [1.165, 1.54) is 0 Å². The largest absolute Gasteiger partial charge is 0.495 e. The first-order valence-electron chi connectivity index (χ1n) is 10.7. The zero-order chi connectivity index (χ0) is 23.4. The van der Waals surface area contributed by atoms with Crippen LogP contribution in [0.25, 0.3) is 10.8 Å². The van der Waals surface area contributed by atoms with Gasteiger partial charge in [-0.2, -0.15) is 5.26 Å². The summed E-state index contributed by atoms with van der Waals surface area (Å²) in [7, 11) is 1.57. The molecular weight excluding hydrogens is 442 g/mol. The number of anilines is 2. The third-order valence-electron chi connectivity index (χ3n) is 5.94. The number of hydrogen-bond acceptors (Lipinski definition) is 7. The number of aliphatic carboxylic acids is 1. The van der Waals surface area contributed by atoms with E-state index in [4.69, 9.17) is 21.4 Å². The Morgan fingerprint density at radius 1 is 1.24 bits per heavy atom. The molecule has 2 aromatic carbocycles. The molecule has 33 heavy (non-hydrogen) atoms. The molecule has 1 aliphatic heterocycles. The van der Waals surface area contributed by atoms with Gasteiger partial charge in [-0.1, -0.05) is 17.7 Å². The number of carboxylic acids is 1. The molecule has 1 aromatic heterocycles. The number of hydrogen-bond donors (Lipinski definition) is 2. The Kier molecular flexibility index (Phi) is 6.80. The minimum atomic E-state index is -0.753. The Labute approximate surface area is 196 Å². The highest BCUT2D eigenvalue weighted by Crippen LogP contribution is 2.33. The van der Waals surface area contributed by atoms with Crippen molar-refractivity contribution in [2.75, 3.05) is 30.4 Å². The highest BCUT2D eigenvalue weighted by Gasteiger charge is 2.24. The standard InChI is InChI=1S/C24H24ClN5O3/c1-33-21-5-3-17(11-20(21)25)14-27-23-19-10-16(13-26)2-4-18(19)24(29-28-23)30-8-6-15(7-9-30)12-22(31)32/h2-5,10-11,15H,6-9,12,14H2,1H3,(H,27,28)(H,31,32). The number of nitriles is 1. The average molecular weight is 466 g/mol. The number of carbonyl (C=O) groups is 1. The van der Waals surface area contributed by atoms with Gasteiger partial charge in [-0.05, 0) is 54.7 Å². The fourth-order valence-corrected chi connectivity index (χ4v) is 4.46. The number of carboxylic acid groups (broad SMARTS) is 1. The van der Waals surface area contributed by atoms with Gasteiger partial charge in [-0.3, -0.25) is 4.79 Å². The van der Waals surface area contributed by atoms with Crippen molar-refractivity contribution in [2.24, 2.45) is 5.92 Å². The van der Waals surface area contributed by atoms with E-state index < -0.39 is 5.97 Å². The quantitative estimate of drug-likeness (QED) is 0.525. The van der Waals surface area contributed by atoms with Crippen LogP contribution in [-0.4, -0.2) is 41.5 Å². The van der Waals surface area contributed by atoms with Gasteiger partial charge in [0, 0.05) is 36.8 Å². The molecule has 8 nitrogen and oxygen atoms in total. The van der Waals surface area contributed by atoms with Crippen LogP contribution in [0.4, 0.5) is 11.6 Å². The molecule has 0 spiro atoms. The first-order chi connectivity index (χ1) is 16.0. The number of piperidine rings is 1. The monoisotopic (exact) mass is 465 g/mol. The fraction of sp³-hybridized carbons (Fsp3) is 0.333. The van der Waals surface area contributed by atoms with Crippen molar-refractivity contribution in [3.63, 3.8) is 0 Å². The summed E-state index contributed by atoms with van der Waals surface area (Å²) >= 11 is 6.24. The molecule has 1 fully saturated rings. The summed E-state index contributed by atoms with van der Waals surface area (Å²) in [5, 5.41) is 32.9. The molecule has 0 radical (unpaired) electrons. The Morgan fingerprint density at radius 3 is 2.70 bits per heavy atom. The third kappa shape index (κ3) is 5.10. The maximum atomic E-state index is 11.0. The number of rotatable bonds is 7. The molecule has 3 aromatic rings. The molecule has 0 saturated carbocycles. The highest BCUT2D eigenvalue weighted by molar-refractivity contribution is 6.32. The minimum Gasteiger partial charge on any atom is -0.495 e. The summed E-state index contributed by atoms with van der Waals surface area (Å²) < 4.78 is 5.20. The molecule has 1 aliphatic rings. The third-order valence-corrected chi connectivity index (χ3v) is 6.24. The molecular formula is C24H24ClN5O3. The number of nitrogens with one attached hydrogen (secondary N) is 1. The second-order valence-corrected chi connectivity index (χ2v) is 8.50. The van der Waals surface area contributed by atoms with E-state index in [2.05, 4.69) is 26.5 Å². The van der Waals surface area contributed by atoms with Crippen LogP contribution in [0.1, 0.15) is 30.4 Å². The number of aromatic nitrogens is 2. The second-order valence-electron chi connectivity index (χ2n) is 8.10. The number of benzene rings is 2. The van der Waals surface area contributed by atoms with Gasteiger partial charge >= 0.3 is 5.97 Å². The van der Waals surface area contributed by atoms with E-state index in [0.717, 1.165) is 48.1 Å². The van der Waals surface area contributed by atoms with Gasteiger partial charge in [-0.15, -0.1) is 10.2 Å². The van der Waals surface area contributed by atoms with Crippen LogP contribution in [0.3, 0.4) is 0 Å². The summed E-state index contributed by atoms with van der Waals surface area (Å²) in [6.07, 6.45) is 1.79. The van der Waals surface area contributed by atoms with E-state index in [9.17, 15) is 10.1 Å². The number of ether oxygens (including phenoxy) is 1. The summed E-state index contributed by atoms with van der Waals surface area (Å²) in [5.74, 6) is 1.37. The Bertz CT molecular complexity index is 1220. The van der Waals surface area contributed by atoms with Gasteiger partial charge in [-0.25, -0.2) is 0 Å². The van der Waals surface area contributed by atoms with Crippen molar-refractivity contribution >= 4 is 40.0 Å². The van der Waals surface area contributed by atoms with Gasteiger partial charge in [0.05, 0.1) is 23.8 Å². The lowest BCUT2D eigenvalue weighted by Crippen LogP contribution is -2.35. The molecule has 9 heteroatoms. The summed E-state index contributed by atoms with van der Waals surface area (Å²) in [6, 6.07) is 13.2. The van der Waals surface area contributed by atoms with Crippen molar-refractivity contribution in [1.82, 2.24) is 10.2 Å². The van der Waals surface area contributed by atoms with Crippen molar-refractivity contribution in [1.29, 1.82) is 5.26 Å². The van der Waals surface area contributed by atoms with E-state index in [0.29, 0.717) is 28.7 Å². The molecule has 0 unspecified atom stereocenters. The molecule has 170 valence electrons. The molecule has 0 atom stereocenters. The fourth-order valence-electron chi connectivity index (χ4n) is 4.18. The first kappa shape index (κ1) is 22.6. The van der Waals surface area contributed by atoms with Crippen LogP contribution < -0.4 is 15.0 Å². The number of methoxy groups -OCH3 is 1. The van der Waals surface area contributed by atoms with Crippen LogP contribution >= 0.6 is 11.6 Å². The predicted molar refractivity (Wildman–Crippen MR) is 127 cm³/mol. The van der Waals surface area contributed by atoms with Crippen molar-refractivity contribution < 1.29 is 14.6 Å². The van der Waals surface area contributed by atoms with Crippen molar-refractivity contribution in [3.8, 4) is 11.8 Å². The van der Waals surface area contributed by atoms with E-state index in [1.807, 2.05) is 30.3 Å². The Hall–Kier alpha value is -3.57. The number of fused-ring (bicyclic) bond motifs is 1. The normalized spacial score (nSPS) is 14.2.